The first-order valence-electron chi connectivity index (χ1n) is 9.12. The molecule has 1 aliphatic heterocycles. The van der Waals surface area contributed by atoms with E-state index in [1.165, 1.54) is 6.07 Å². The Kier molecular flexibility index (Phi) is 6.40. The van der Waals surface area contributed by atoms with Crippen molar-refractivity contribution < 1.29 is 23.1 Å². The van der Waals surface area contributed by atoms with Gasteiger partial charge in [-0.25, -0.2) is 8.42 Å². The maximum atomic E-state index is 13.0. The lowest BCUT2D eigenvalue weighted by Gasteiger charge is -2.16. The van der Waals surface area contributed by atoms with Crippen LogP contribution < -0.4 is 15.8 Å². The average molecular weight is 417 g/mol. The number of carbonyl (C=O) groups is 1. The maximum absolute atomic E-state index is 13.0. The number of hydrogen-bond acceptors (Lipinski definition) is 6. The van der Waals surface area contributed by atoms with Crippen LogP contribution in [0.25, 0.3) is 0 Å². The predicted octanol–water partition coefficient (Wildman–Crippen LogP) is 2.22. The molecule has 2 aromatic rings. The van der Waals surface area contributed by atoms with Gasteiger partial charge in [0.15, 0.2) is 0 Å². The molecule has 9 heteroatoms. The fraction of sp³-hybridized carbons (Fsp3) is 0.250. The molecule has 0 unspecified atom stereocenters. The molecule has 0 aliphatic carbocycles. The van der Waals surface area contributed by atoms with Crippen LogP contribution in [0.3, 0.4) is 0 Å². The van der Waals surface area contributed by atoms with E-state index in [9.17, 15) is 18.3 Å². The van der Waals surface area contributed by atoms with Gasteiger partial charge in [-0.3, -0.25) is 9.52 Å². The standard InChI is InChI=1S/C20H23N3O5S/c21-20(25)16-12-19-17(13-18(16)24)22-8-10-28-9-3-1-2-5-14-6-4-7-15(11-14)23-29(19,26)27/h1-2,4,6-7,11-13,22-24H,3,5,8-10H2,(H2,21,25)/b2-1-. The van der Waals surface area contributed by atoms with Crippen molar-refractivity contribution in [1.82, 2.24) is 0 Å². The Balaban J connectivity index is 2.05. The van der Waals surface area contributed by atoms with Gasteiger partial charge >= 0.3 is 0 Å². The summed E-state index contributed by atoms with van der Waals surface area (Å²) in [4.78, 5) is 11.4. The van der Waals surface area contributed by atoms with E-state index < -0.39 is 21.7 Å². The van der Waals surface area contributed by atoms with Gasteiger partial charge < -0.3 is 20.9 Å². The molecule has 0 spiro atoms. The number of aromatic hydroxyl groups is 1. The summed E-state index contributed by atoms with van der Waals surface area (Å²) in [5, 5.41) is 13.0. The molecule has 1 amide bonds. The van der Waals surface area contributed by atoms with E-state index in [-0.39, 0.29) is 16.1 Å². The highest BCUT2D eigenvalue weighted by atomic mass is 32.2. The SMILES string of the molecule is NC(=O)c1cc2c(cc1O)NCCOCC/C=C\Cc1cccc(c1)NS2(=O)=O. The van der Waals surface area contributed by atoms with Crippen LogP contribution in [0.4, 0.5) is 11.4 Å². The van der Waals surface area contributed by atoms with Crippen LogP contribution in [-0.2, 0) is 21.2 Å². The second-order valence-electron chi connectivity index (χ2n) is 6.54. The Morgan fingerprint density at radius 2 is 1.97 bits per heavy atom. The number of benzene rings is 2. The highest BCUT2D eigenvalue weighted by Gasteiger charge is 2.23. The molecule has 154 valence electrons. The number of allylic oxidation sites excluding steroid dienone is 1. The van der Waals surface area contributed by atoms with Gasteiger partial charge in [0.05, 0.1) is 24.5 Å². The van der Waals surface area contributed by atoms with Crippen LogP contribution in [-0.4, -0.2) is 39.2 Å². The molecule has 1 aliphatic rings. The molecule has 29 heavy (non-hydrogen) atoms. The quantitative estimate of drug-likeness (QED) is 0.526. The van der Waals surface area contributed by atoms with Crippen LogP contribution in [0, 0.1) is 0 Å². The molecule has 0 saturated carbocycles. The summed E-state index contributed by atoms with van der Waals surface area (Å²) in [6, 6.07) is 9.30. The average Bonchev–Trinajstić information content (AvgIpc) is 2.65. The van der Waals surface area contributed by atoms with Crippen molar-refractivity contribution in [3.8, 4) is 5.75 Å². The minimum absolute atomic E-state index is 0.145. The number of sulfonamides is 1. The Morgan fingerprint density at radius 1 is 1.14 bits per heavy atom. The van der Waals surface area contributed by atoms with Gasteiger partial charge in [0, 0.05) is 18.3 Å². The third-order valence-electron chi connectivity index (χ3n) is 4.34. The number of anilines is 2. The molecule has 0 aromatic heterocycles. The number of rotatable bonds is 1. The van der Waals surface area contributed by atoms with Gasteiger partial charge in [-0.1, -0.05) is 24.3 Å². The molecule has 2 aromatic carbocycles. The Morgan fingerprint density at radius 3 is 2.76 bits per heavy atom. The van der Waals surface area contributed by atoms with Crippen molar-refractivity contribution in [3.05, 3.63) is 59.7 Å². The van der Waals surface area contributed by atoms with Crippen LogP contribution in [0.5, 0.6) is 5.75 Å². The van der Waals surface area contributed by atoms with Crippen LogP contribution >= 0.6 is 0 Å². The lowest BCUT2D eigenvalue weighted by atomic mass is 10.1. The fourth-order valence-electron chi connectivity index (χ4n) is 2.95. The normalized spacial score (nSPS) is 17.9. The third kappa shape index (κ3) is 5.27. The number of hydrogen-bond donors (Lipinski definition) is 4. The number of fused-ring (bicyclic) bond motifs is 3. The predicted molar refractivity (Wildman–Crippen MR) is 111 cm³/mol. The third-order valence-corrected chi connectivity index (χ3v) is 5.76. The lowest BCUT2D eigenvalue weighted by molar-refractivity contribution is 0.0997. The lowest BCUT2D eigenvalue weighted by Crippen LogP contribution is -2.19. The van der Waals surface area contributed by atoms with Crippen molar-refractivity contribution in [3.63, 3.8) is 0 Å². The molecule has 0 radical (unpaired) electrons. The van der Waals surface area contributed by atoms with Crippen LogP contribution in [0.15, 0.2) is 53.4 Å². The number of primary amides is 1. The number of nitrogens with two attached hydrogens (primary N) is 1. The summed E-state index contributed by atoms with van der Waals surface area (Å²) in [5.74, 6) is -1.33. The Hall–Kier alpha value is -3.04. The van der Waals surface area contributed by atoms with Crippen molar-refractivity contribution in [2.24, 2.45) is 5.73 Å². The first kappa shape index (κ1) is 20.7. The maximum Gasteiger partial charge on any atom is 0.263 e. The fourth-order valence-corrected chi connectivity index (χ4v) is 4.19. The molecule has 0 fully saturated rings. The van der Waals surface area contributed by atoms with Gasteiger partial charge in [0.25, 0.3) is 15.9 Å². The van der Waals surface area contributed by atoms with E-state index in [4.69, 9.17) is 10.5 Å². The highest BCUT2D eigenvalue weighted by molar-refractivity contribution is 7.92. The van der Waals surface area contributed by atoms with E-state index in [2.05, 4.69) is 10.0 Å². The Bertz CT molecular complexity index is 1030. The van der Waals surface area contributed by atoms with Gasteiger partial charge in [0.2, 0.25) is 0 Å². The van der Waals surface area contributed by atoms with Crippen molar-refractivity contribution in [1.29, 1.82) is 0 Å². The van der Waals surface area contributed by atoms with Crippen molar-refractivity contribution >= 4 is 27.3 Å². The molecule has 1 heterocycles. The van der Waals surface area contributed by atoms with Gasteiger partial charge in [0.1, 0.15) is 10.6 Å². The summed E-state index contributed by atoms with van der Waals surface area (Å²) in [7, 11) is -4.07. The van der Waals surface area contributed by atoms with E-state index in [1.54, 1.807) is 18.2 Å². The second-order valence-corrected chi connectivity index (χ2v) is 8.19. The summed E-state index contributed by atoms with van der Waals surface area (Å²) < 4.78 is 34.1. The smallest absolute Gasteiger partial charge is 0.263 e. The molecule has 5 N–H and O–H groups in total. The minimum atomic E-state index is -4.07. The van der Waals surface area contributed by atoms with Crippen LogP contribution in [0.2, 0.25) is 0 Å². The van der Waals surface area contributed by atoms with Gasteiger partial charge in [-0.15, -0.1) is 0 Å². The van der Waals surface area contributed by atoms with E-state index in [1.807, 2.05) is 18.2 Å². The molecule has 0 atom stereocenters. The first-order valence-corrected chi connectivity index (χ1v) is 10.6. The minimum Gasteiger partial charge on any atom is -0.507 e. The van der Waals surface area contributed by atoms with Crippen molar-refractivity contribution in [2.75, 3.05) is 29.8 Å². The molecular formula is C20H23N3O5S. The van der Waals surface area contributed by atoms with E-state index in [0.29, 0.717) is 31.9 Å². The molecule has 8 nitrogen and oxygen atoms in total. The summed E-state index contributed by atoms with van der Waals surface area (Å²) >= 11 is 0. The monoisotopic (exact) mass is 417 g/mol. The molecule has 3 rings (SSSR count). The Labute approximate surface area is 169 Å². The topological polar surface area (TPSA) is 131 Å². The highest BCUT2D eigenvalue weighted by Crippen LogP contribution is 2.31. The zero-order valence-electron chi connectivity index (χ0n) is 15.7. The number of phenols is 1. The van der Waals surface area contributed by atoms with Gasteiger partial charge in [-0.05, 0) is 36.6 Å². The summed E-state index contributed by atoms with van der Waals surface area (Å²) in [6.45, 7) is 1.20. The summed E-state index contributed by atoms with van der Waals surface area (Å²) in [5.41, 5.74) is 6.47. The second kappa shape index (κ2) is 8.97. The number of nitrogens with one attached hydrogen (secondary N) is 2. The van der Waals surface area contributed by atoms with E-state index in [0.717, 1.165) is 18.1 Å². The van der Waals surface area contributed by atoms with Gasteiger partial charge in [-0.2, -0.15) is 0 Å². The van der Waals surface area contributed by atoms with Crippen molar-refractivity contribution in [2.45, 2.75) is 17.7 Å². The molecular weight excluding hydrogens is 394 g/mol. The summed E-state index contributed by atoms with van der Waals surface area (Å²) in [6.07, 6.45) is 5.46. The molecule has 0 saturated heterocycles. The number of amides is 1. The zero-order chi connectivity index (χ0) is 20.9. The van der Waals surface area contributed by atoms with E-state index >= 15 is 0 Å². The largest absolute Gasteiger partial charge is 0.507 e. The first-order chi connectivity index (χ1) is 13.9. The molecule has 2 bridgehead atoms. The zero-order valence-corrected chi connectivity index (χ0v) is 16.5. The number of carbonyl (C=O) groups excluding carboxylic acids is 1. The number of ether oxygens (including phenoxy) is 1. The van der Waals surface area contributed by atoms with Crippen LogP contribution in [0.1, 0.15) is 22.3 Å².